The minimum Gasteiger partial charge on any atom is -0.397 e. The summed E-state index contributed by atoms with van der Waals surface area (Å²) in [6.45, 7) is 2.35. The zero-order valence-electron chi connectivity index (χ0n) is 10.2. The highest BCUT2D eigenvalue weighted by Crippen LogP contribution is 2.25. The van der Waals surface area contributed by atoms with Crippen molar-refractivity contribution in [3.63, 3.8) is 0 Å². The van der Waals surface area contributed by atoms with Gasteiger partial charge in [0.1, 0.15) is 0 Å². The molecule has 1 unspecified atom stereocenters. The number of piperidine rings is 1. The number of nitrogen functional groups attached to an aromatic ring is 1. The Balaban J connectivity index is 2.12. The molecule has 1 fully saturated rings. The number of likely N-dealkylation sites (tertiary alicyclic amines) is 1. The lowest BCUT2D eigenvalue weighted by Gasteiger charge is -2.37. The Kier molecular flexibility index (Phi) is 3.34. The summed E-state index contributed by atoms with van der Waals surface area (Å²) in [5.74, 6) is 0. The van der Waals surface area contributed by atoms with Crippen LogP contribution in [0.3, 0.4) is 0 Å². The van der Waals surface area contributed by atoms with Gasteiger partial charge in [0.25, 0.3) is 0 Å². The van der Waals surface area contributed by atoms with Crippen LogP contribution in [0.1, 0.15) is 12.8 Å². The molecule has 1 aromatic rings. The van der Waals surface area contributed by atoms with Gasteiger partial charge in [-0.05, 0) is 38.6 Å². The maximum atomic E-state index is 6.01. The van der Waals surface area contributed by atoms with Gasteiger partial charge in [0, 0.05) is 19.6 Å². The van der Waals surface area contributed by atoms with Gasteiger partial charge in [0.2, 0.25) is 0 Å². The average Bonchev–Trinajstić information content (AvgIpc) is 2.29. The van der Waals surface area contributed by atoms with Crippen molar-refractivity contribution >= 4 is 11.4 Å². The van der Waals surface area contributed by atoms with Crippen LogP contribution in [-0.2, 0) is 0 Å². The largest absolute Gasteiger partial charge is 0.397 e. The Morgan fingerprint density at radius 3 is 2.81 bits per heavy atom. The molecule has 0 saturated carbocycles. The second kappa shape index (κ2) is 4.74. The summed E-state index contributed by atoms with van der Waals surface area (Å²) < 4.78 is 0. The van der Waals surface area contributed by atoms with E-state index in [1.165, 1.54) is 19.4 Å². The molecule has 0 aliphatic carbocycles. The van der Waals surface area contributed by atoms with Crippen LogP contribution in [0.15, 0.2) is 24.3 Å². The number of nitrogens with zero attached hydrogens (tertiary/aromatic N) is 2. The van der Waals surface area contributed by atoms with Crippen LogP contribution in [-0.4, -0.2) is 38.1 Å². The van der Waals surface area contributed by atoms with Gasteiger partial charge < -0.3 is 15.5 Å². The second-order valence-electron chi connectivity index (χ2n) is 4.73. The number of benzene rings is 1. The van der Waals surface area contributed by atoms with E-state index in [-0.39, 0.29) is 0 Å². The van der Waals surface area contributed by atoms with Crippen molar-refractivity contribution in [2.45, 2.75) is 18.9 Å². The lowest BCUT2D eigenvalue weighted by molar-refractivity contribution is 0.248. The molecule has 88 valence electrons. The van der Waals surface area contributed by atoms with Crippen LogP contribution in [0.4, 0.5) is 11.4 Å². The van der Waals surface area contributed by atoms with Crippen molar-refractivity contribution in [1.82, 2.24) is 4.90 Å². The van der Waals surface area contributed by atoms with Gasteiger partial charge in [-0.2, -0.15) is 0 Å². The Morgan fingerprint density at radius 2 is 2.12 bits per heavy atom. The highest BCUT2D eigenvalue weighted by atomic mass is 15.2. The van der Waals surface area contributed by atoms with E-state index in [1.807, 2.05) is 12.1 Å². The first-order valence-electron chi connectivity index (χ1n) is 5.94. The number of rotatable bonds is 2. The fourth-order valence-corrected chi connectivity index (χ4v) is 2.46. The summed E-state index contributed by atoms with van der Waals surface area (Å²) >= 11 is 0. The quantitative estimate of drug-likeness (QED) is 0.770. The van der Waals surface area contributed by atoms with E-state index >= 15 is 0 Å². The fourth-order valence-electron chi connectivity index (χ4n) is 2.46. The summed E-state index contributed by atoms with van der Waals surface area (Å²) in [6, 6.07) is 8.69. The molecule has 1 saturated heterocycles. The van der Waals surface area contributed by atoms with Gasteiger partial charge in [-0.15, -0.1) is 0 Å². The van der Waals surface area contributed by atoms with Gasteiger partial charge in [0.05, 0.1) is 11.4 Å². The standard InChI is InChI=1S/C13H21N3/c1-15-9-5-6-11(10-15)16(2)13-8-4-3-7-12(13)14/h3-4,7-8,11H,5-6,9-10,14H2,1-2H3. The van der Waals surface area contributed by atoms with Crippen LogP contribution >= 0.6 is 0 Å². The molecule has 1 aliphatic rings. The number of hydrogen-bond donors (Lipinski definition) is 1. The molecule has 2 N–H and O–H groups in total. The van der Waals surface area contributed by atoms with Crippen molar-refractivity contribution in [3.05, 3.63) is 24.3 Å². The van der Waals surface area contributed by atoms with E-state index in [0.29, 0.717) is 6.04 Å². The Morgan fingerprint density at radius 1 is 1.38 bits per heavy atom. The van der Waals surface area contributed by atoms with Gasteiger partial charge in [-0.25, -0.2) is 0 Å². The van der Waals surface area contributed by atoms with E-state index in [1.54, 1.807) is 0 Å². The minimum atomic E-state index is 0.587. The Bertz CT molecular complexity index is 351. The summed E-state index contributed by atoms with van der Waals surface area (Å²) in [5.41, 5.74) is 8.04. The van der Waals surface area contributed by atoms with Crippen LogP contribution in [0.5, 0.6) is 0 Å². The van der Waals surface area contributed by atoms with E-state index in [0.717, 1.165) is 17.9 Å². The second-order valence-corrected chi connectivity index (χ2v) is 4.73. The van der Waals surface area contributed by atoms with Gasteiger partial charge in [0.15, 0.2) is 0 Å². The zero-order chi connectivity index (χ0) is 11.5. The monoisotopic (exact) mass is 219 g/mol. The van der Waals surface area contributed by atoms with Gasteiger partial charge in [-0.1, -0.05) is 12.1 Å². The van der Waals surface area contributed by atoms with Crippen LogP contribution in [0, 0.1) is 0 Å². The highest BCUT2D eigenvalue weighted by molar-refractivity contribution is 5.67. The summed E-state index contributed by atoms with van der Waals surface area (Å²) in [7, 11) is 4.34. The Labute approximate surface area is 97.8 Å². The lowest BCUT2D eigenvalue weighted by atomic mass is 10.0. The molecule has 16 heavy (non-hydrogen) atoms. The number of hydrogen-bond acceptors (Lipinski definition) is 3. The predicted octanol–water partition coefficient (Wildman–Crippen LogP) is 1.80. The lowest BCUT2D eigenvalue weighted by Crippen LogP contribution is -2.45. The first-order chi connectivity index (χ1) is 7.68. The van der Waals surface area contributed by atoms with Crippen LogP contribution in [0.25, 0.3) is 0 Å². The van der Waals surface area contributed by atoms with Crippen molar-refractivity contribution < 1.29 is 0 Å². The first-order valence-corrected chi connectivity index (χ1v) is 5.94. The molecule has 3 nitrogen and oxygen atoms in total. The third kappa shape index (κ3) is 2.30. The van der Waals surface area contributed by atoms with Crippen molar-refractivity contribution in [2.24, 2.45) is 0 Å². The molecule has 1 atom stereocenters. The minimum absolute atomic E-state index is 0.587. The molecule has 3 heteroatoms. The summed E-state index contributed by atoms with van der Waals surface area (Å²) in [5, 5.41) is 0. The van der Waals surface area contributed by atoms with E-state index in [9.17, 15) is 0 Å². The average molecular weight is 219 g/mol. The maximum absolute atomic E-state index is 6.01. The Hall–Kier alpha value is -1.22. The molecule has 1 heterocycles. The molecule has 2 rings (SSSR count). The first kappa shape index (κ1) is 11.3. The number of nitrogens with two attached hydrogens (primary N) is 1. The highest BCUT2D eigenvalue weighted by Gasteiger charge is 2.21. The topological polar surface area (TPSA) is 32.5 Å². The summed E-state index contributed by atoms with van der Waals surface area (Å²) in [4.78, 5) is 4.72. The van der Waals surface area contributed by atoms with E-state index in [4.69, 9.17) is 5.73 Å². The molecule has 0 spiro atoms. The molecule has 0 bridgehead atoms. The number of anilines is 2. The smallest absolute Gasteiger partial charge is 0.0600 e. The van der Waals surface area contributed by atoms with E-state index < -0.39 is 0 Å². The third-order valence-electron chi connectivity index (χ3n) is 3.46. The van der Waals surface area contributed by atoms with Crippen LogP contribution in [0.2, 0.25) is 0 Å². The van der Waals surface area contributed by atoms with E-state index in [2.05, 4.69) is 36.0 Å². The van der Waals surface area contributed by atoms with Crippen LogP contribution < -0.4 is 10.6 Å². The number of likely N-dealkylation sites (N-methyl/N-ethyl adjacent to an activating group) is 2. The molecule has 0 radical (unpaired) electrons. The number of para-hydroxylation sites is 2. The van der Waals surface area contributed by atoms with Gasteiger partial charge >= 0.3 is 0 Å². The van der Waals surface area contributed by atoms with Crippen molar-refractivity contribution in [1.29, 1.82) is 0 Å². The molecular formula is C13H21N3. The third-order valence-corrected chi connectivity index (χ3v) is 3.46. The SMILES string of the molecule is CN1CCCC(N(C)c2ccccc2N)C1. The zero-order valence-corrected chi connectivity index (χ0v) is 10.2. The molecule has 1 aliphatic heterocycles. The molecule has 0 amide bonds. The normalized spacial score (nSPS) is 22.0. The van der Waals surface area contributed by atoms with Crippen molar-refractivity contribution in [3.8, 4) is 0 Å². The summed E-state index contributed by atoms with van der Waals surface area (Å²) in [6.07, 6.45) is 2.54. The van der Waals surface area contributed by atoms with Crippen molar-refractivity contribution in [2.75, 3.05) is 37.8 Å². The molecular weight excluding hydrogens is 198 g/mol. The fraction of sp³-hybridized carbons (Fsp3) is 0.538. The predicted molar refractivity (Wildman–Crippen MR) is 69.8 cm³/mol. The molecule has 1 aromatic carbocycles. The van der Waals surface area contributed by atoms with Gasteiger partial charge in [-0.3, -0.25) is 0 Å². The maximum Gasteiger partial charge on any atom is 0.0600 e. The molecule has 0 aromatic heterocycles.